The molecule has 1 heterocycles. The molecule has 0 aliphatic carbocycles. The lowest BCUT2D eigenvalue weighted by Gasteiger charge is -2.36. The smallest absolute Gasteiger partial charge is 0.279 e. The summed E-state index contributed by atoms with van der Waals surface area (Å²) in [5.74, 6) is 0. The molecule has 1 amide bonds. The molecule has 0 aliphatic rings. The van der Waals surface area contributed by atoms with E-state index in [1.54, 1.807) is 11.7 Å². The highest BCUT2D eigenvalue weighted by molar-refractivity contribution is 7.50. The molecule has 20 heavy (non-hydrogen) atoms. The molecule has 0 atom stereocenters. The van der Waals surface area contributed by atoms with Gasteiger partial charge in [-0.3, -0.25) is 14.0 Å². The first-order valence-electron chi connectivity index (χ1n) is 6.16. The van der Waals surface area contributed by atoms with Crippen LogP contribution in [0.2, 0.25) is 0 Å². The van der Waals surface area contributed by atoms with Crippen LogP contribution in [0.1, 0.15) is 0 Å². The van der Waals surface area contributed by atoms with Crippen molar-refractivity contribution in [2.24, 2.45) is 0 Å². The van der Waals surface area contributed by atoms with Gasteiger partial charge in [0.1, 0.15) is 5.52 Å². The summed E-state index contributed by atoms with van der Waals surface area (Å²) in [6.45, 7) is 0. The summed E-state index contributed by atoms with van der Waals surface area (Å²) in [4.78, 5) is 12.6. The molecule has 0 bridgehead atoms. The Bertz CT molecular complexity index is 603. The maximum absolute atomic E-state index is 12.6. The van der Waals surface area contributed by atoms with Gasteiger partial charge in [-0.15, -0.1) is 5.10 Å². The minimum absolute atomic E-state index is 0.188. The maximum Gasteiger partial charge on any atom is 0.351 e. The highest BCUT2D eigenvalue weighted by atomic mass is 31.2. The van der Waals surface area contributed by atoms with Crippen molar-refractivity contribution in [3.8, 4) is 0 Å². The second-order valence-corrected chi connectivity index (χ2v) is 7.50. The standard InChI is InChI=1S/C12H19N6OP/c1-15(2)20(16(3)4)17(5)12(19)18-11-9-7-6-8-10(11)13-14-18/h6-9H,1-5H3. The topological polar surface area (TPSA) is 57.5 Å². The summed E-state index contributed by atoms with van der Waals surface area (Å²) in [7, 11) is 8.72. The van der Waals surface area contributed by atoms with Crippen molar-refractivity contribution in [1.29, 1.82) is 0 Å². The Balaban J connectivity index is 2.35. The van der Waals surface area contributed by atoms with Crippen molar-refractivity contribution >= 4 is 25.4 Å². The van der Waals surface area contributed by atoms with E-state index in [2.05, 4.69) is 10.3 Å². The number of hydrogen-bond acceptors (Lipinski definition) is 5. The molecule has 2 rings (SSSR count). The van der Waals surface area contributed by atoms with E-state index in [0.717, 1.165) is 5.52 Å². The Morgan fingerprint density at radius 1 is 1.10 bits per heavy atom. The molecular formula is C12H19N6OP. The Hall–Kier alpha value is -1.56. The van der Waals surface area contributed by atoms with Gasteiger partial charge < -0.3 is 0 Å². The zero-order chi connectivity index (χ0) is 14.9. The largest absolute Gasteiger partial charge is 0.351 e. The van der Waals surface area contributed by atoms with E-state index in [1.807, 2.05) is 61.8 Å². The summed E-state index contributed by atoms with van der Waals surface area (Å²) in [5.41, 5.74) is 1.44. The summed E-state index contributed by atoms with van der Waals surface area (Å²) in [6.07, 6.45) is 0. The number of carbonyl (C=O) groups is 1. The summed E-state index contributed by atoms with van der Waals surface area (Å²) in [6, 6.07) is 7.24. The van der Waals surface area contributed by atoms with Crippen LogP contribution < -0.4 is 0 Å². The Morgan fingerprint density at radius 3 is 2.30 bits per heavy atom. The Labute approximate surface area is 119 Å². The Kier molecular flexibility index (Phi) is 4.32. The number of hydrogen-bond donors (Lipinski definition) is 0. The molecule has 0 saturated heterocycles. The molecule has 1 aromatic carbocycles. The average molecular weight is 294 g/mol. The van der Waals surface area contributed by atoms with Crippen LogP contribution in [0.5, 0.6) is 0 Å². The SMILES string of the molecule is CN(C)P(N(C)C)N(C)C(=O)n1nnc2ccccc21. The van der Waals surface area contributed by atoms with Crippen molar-refractivity contribution in [2.75, 3.05) is 35.2 Å². The number of rotatable bonds is 3. The molecule has 0 aliphatic heterocycles. The van der Waals surface area contributed by atoms with E-state index in [0.29, 0.717) is 5.52 Å². The summed E-state index contributed by atoms with van der Waals surface area (Å²) < 4.78 is 7.08. The predicted octanol–water partition coefficient (Wildman–Crippen LogP) is 1.68. The molecule has 7 nitrogen and oxygen atoms in total. The van der Waals surface area contributed by atoms with Crippen LogP contribution >= 0.6 is 8.37 Å². The molecule has 0 spiro atoms. The van der Waals surface area contributed by atoms with Gasteiger partial charge in [-0.1, -0.05) is 17.3 Å². The van der Waals surface area contributed by atoms with Crippen LogP contribution in [-0.2, 0) is 0 Å². The van der Waals surface area contributed by atoms with Gasteiger partial charge in [0, 0.05) is 7.05 Å². The number of para-hydroxylation sites is 1. The van der Waals surface area contributed by atoms with Gasteiger partial charge in [-0.05, 0) is 40.3 Å². The van der Waals surface area contributed by atoms with Crippen molar-refractivity contribution in [1.82, 2.24) is 29.0 Å². The highest BCUT2D eigenvalue weighted by Crippen LogP contribution is 2.43. The highest BCUT2D eigenvalue weighted by Gasteiger charge is 2.27. The fraction of sp³-hybridized carbons (Fsp3) is 0.417. The van der Waals surface area contributed by atoms with E-state index in [1.165, 1.54) is 4.68 Å². The first-order valence-corrected chi connectivity index (χ1v) is 7.36. The Morgan fingerprint density at radius 2 is 1.70 bits per heavy atom. The number of carbonyl (C=O) groups excluding carboxylic acids is 1. The molecule has 108 valence electrons. The lowest BCUT2D eigenvalue weighted by atomic mass is 10.3. The molecule has 0 fully saturated rings. The molecule has 0 saturated carbocycles. The predicted molar refractivity (Wildman–Crippen MR) is 80.4 cm³/mol. The van der Waals surface area contributed by atoms with Crippen LogP contribution in [0.3, 0.4) is 0 Å². The zero-order valence-electron chi connectivity index (χ0n) is 12.3. The number of aromatic nitrogens is 3. The van der Waals surface area contributed by atoms with Gasteiger partial charge in [0.25, 0.3) is 0 Å². The van der Waals surface area contributed by atoms with Crippen molar-refractivity contribution in [3.05, 3.63) is 24.3 Å². The van der Waals surface area contributed by atoms with E-state index in [4.69, 9.17) is 0 Å². The molecule has 8 heteroatoms. The molecule has 0 N–H and O–H groups in total. The van der Waals surface area contributed by atoms with Crippen molar-refractivity contribution in [3.63, 3.8) is 0 Å². The van der Waals surface area contributed by atoms with Gasteiger partial charge in [0.05, 0.1) is 5.52 Å². The van der Waals surface area contributed by atoms with Gasteiger partial charge >= 0.3 is 6.03 Å². The number of benzene rings is 1. The lowest BCUT2D eigenvalue weighted by Crippen LogP contribution is -2.35. The number of nitrogens with zero attached hydrogens (tertiary/aromatic N) is 6. The van der Waals surface area contributed by atoms with Crippen LogP contribution in [-0.4, -0.2) is 70.3 Å². The second kappa shape index (κ2) is 5.83. The van der Waals surface area contributed by atoms with E-state index in [-0.39, 0.29) is 6.03 Å². The first-order chi connectivity index (χ1) is 9.43. The van der Waals surface area contributed by atoms with Crippen LogP contribution in [0, 0.1) is 0 Å². The van der Waals surface area contributed by atoms with Gasteiger partial charge in [0.15, 0.2) is 8.37 Å². The third kappa shape index (κ3) is 2.65. The third-order valence-electron chi connectivity index (χ3n) is 2.79. The lowest BCUT2D eigenvalue weighted by molar-refractivity contribution is 0.226. The minimum Gasteiger partial charge on any atom is -0.279 e. The molecule has 0 unspecified atom stereocenters. The van der Waals surface area contributed by atoms with E-state index < -0.39 is 8.37 Å². The molecule has 1 aromatic heterocycles. The van der Waals surface area contributed by atoms with Gasteiger partial charge in [0.2, 0.25) is 0 Å². The third-order valence-corrected chi connectivity index (χ3v) is 4.93. The fourth-order valence-electron chi connectivity index (χ4n) is 2.12. The van der Waals surface area contributed by atoms with Crippen molar-refractivity contribution < 1.29 is 4.79 Å². The maximum atomic E-state index is 12.6. The van der Waals surface area contributed by atoms with Crippen LogP contribution in [0.15, 0.2) is 24.3 Å². The quantitative estimate of drug-likeness (QED) is 0.806. The van der Waals surface area contributed by atoms with Gasteiger partial charge in [-0.25, -0.2) is 4.79 Å². The zero-order valence-corrected chi connectivity index (χ0v) is 13.2. The molecule has 0 radical (unpaired) electrons. The van der Waals surface area contributed by atoms with Crippen LogP contribution in [0.4, 0.5) is 4.79 Å². The molecule has 2 aromatic rings. The summed E-state index contributed by atoms with van der Waals surface area (Å²) >= 11 is 0. The van der Waals surface area contributed by atoms with E-state index >= 15 is 0 Å². The van der Waals surface area contributed by atoms with E-state index in [9.17, 15) is 4.79 Å². The second-order valence-electron chi connectivity index (χ2n) is 4.76. The minimum atomic E-state index is -0.878. The average Bonchev–Trinajstić information content (AvgIpc) is 2.80. The first kappa shape index (κ1) is 14.8. The normalized spacial score (nSPS) is 11.8. The summed E-state index contributed by atoms with van der Waals surface area (Å²) in [5, 5.41) is 7.98. The molecular weight excluding hydrogens is 275 g/mol. The van der Waals surface area contributed by atoms with Crippen molar-refractivity contribution in [2.45, 2.75) is 0 Å². The number of fused-ring (bicyclic) bond motifs is 1. The monoisotopic (exact) mass is 294 g/mol. The number of amides is 1. The fourth-order valence-corrected chi connectivity index (χ4v) is 4.14. The van der Waals surface area contributed by atoms with Crippen LogP contribution in [0.25, 0.3) is 11.0 Å². The van der Waals surface area contributed by atoms with Gasteiger partial charge in [-0.2, -0.15) is 4.68 Å².